The van der Waals surface area contributed by atoms with Gasteiger partial charge in [-0.3, -0.25) is 4.57 Å². The zero-order chi connectivity index (χ0) is 18.5. The maximum absolute atomic E-state index is 4.77. The van der Waals surface area contributed by atoms with Crippen molar-refractivity contribution in [2.24, 2.45) is 0 Å². The van der Waals surface area contributed by atoms with Crippen molar-refractivity contribution in [3.63, 3.8) is 0 Å². The van der Waals surface area contributed by atoms with Crippen LogP contribution in [0.1, 0.15) is 0 Å². The maximum Gasteiger partial charge on any atom is 0.138 e. The Morgan fingerprint density at radius 3 is 2.50 bits per heavy atom. The van der Waals surface area contributed by atoms with E-state index < -0.39 is 0 Å². The molecule has 3 heteroatoms. The molecule has 6 aromatic rings. The van der Waals surface area contributed by atoms with Gasteiger partial charge >= 0.3 is 0 Å². The average molecular weight is 376 g/mol. The Bertz CT molecular complexity index is 1460. The molecule has 2 nitrogen and oxygen atoms in total. The second kappa shape index (κ2) is 6.04. The fourth-order valence-corrected chi connectivity index (χ4v) is 5.00. The highest BCUT2D eigenvalue weighted by Gasteiger charge is 2.16. The van der Waals surface area contributed by atoms with Crippen LogP contribution in [0, 0.1) is 0 Å². The standard InChI is InChI=1S/C25H16N2S/c1-2-6-17(7-3-1)19-12-14-26-23(16-19)27-22-9-5-4-8-20(22)21-11-10-18-13-15-28-25(18)24(21)27/h1-16H. The molecule has 0 fully saturated rings. The monoisotopic (exact) mass is 376 g/mol. The minimum Gasteiger partial charge on any atom is -0.292 e. The van der Waals surface area contributed by atoms with Crippen LogP contribution in [0.15, 0.2) is 96.5 Å². The Hall–Kier alpha value is -3.43. The van der Waals surface area contributed by atoms with Gasteiger partial charge in [-0.15, -0.1) is 11.3 Å². The number of hydrogen-bond donors (Lipinski definition) is 0. The maximum atomic E-state index is 4.77. The van der Waals surface area contributed by atoms with E-state index in [0.717, 1.165) is 5.82 Å². The molecule has 0 radical (unpaired) electrons. The van der Waals surface area contributed by atoms with Crippen molar-refractivity contribution in [2.75, 3.05) is 0 Å². The zero-order valence-corrected chi connectivity index (χ0v) is 15.9. The van der Waals surface area contributed by atoms with E-state index in [1.807, 2.05) is 12.3 Å². The van der Waals surface area contributed by atoms with Crippen LogP contribution in [0.3, 0.4) is 0 Å². The molecule has 6 rings (SSSR count). The molecule has 28 heavy (non-hydrogen) atoms. The van der Waals surface area contributed by atoms with E-state index in [4.69, 9.17) is 4.98 Å². The van der Waals surface area contributed by atoms with E-state index in [-0.39, 0.29) is 0 Å². The number of pyridine rings is 1. The van der Waals surface area contributed by atoms with E-state index in [1.165, 1.54) is 43.0 Å². The summed E-state index contributed by atoms with van der Waals surface area (Å²) in [6.07, 6.45) is 1.91. The highest BCUT2D eigenvalue weighted by Crippen LogP contribution is 2.38. The fraction of sp³-hybridized carbons (Fsp3) is 0. The quantitative estimate of drug-likeness (QED) is 0.316. The van der Waals surface area contributed by atoms with Crippen LogP contribution < -0.4 is 0 Å². The molecule has 3 heterocycles. The van der Waals surface area contributed by atoms with Crippen LogP contribution >= 0.6 is 11.3 Å². The molecule has 0 saturated heterocycles. The third-order valence-corrected chi connectivity index (χ3v) is 6.27. The number of rotatable bonds is 2. The van der Waals surface area contributed by atoms with Gasteiger partial charge in [0, 0.05) is 17.0 Å². The molecule has 132 valence electrons. The lowest BCUT2D eigenvalue weighted by atomic mass is 10.1. The van der Waals surface area contributed by atoms with Crippen LogP contribution in [0.25, 0.3) is 48.8 Å². The molecular weight excluding hydrogens is 360 g/mol. The van der Waals surface area contributed by atoms with Crippen molar-refractivity contribution in [3.05, 3.63) is 96.5 Å². The van der Waals surface area contributed by atoms with Crippen molar-refractivity contribution in [1.82, 2.24) is 9.55 Å². The van der Waals surface area contributed by atoms with Gasteiger partial charge in [0.25, 0.3) is 0 Å². The van der Waals surface area contributed by atoms with E-state index >= 15 is 0 Å². The Morgan fingerprint density at radius 2 is 1.57 bits per heavy atom. The molecule has 0 aliphatic heterocycles. The summed E-state index contributed by atoms with van der Waals surface area (Å²) < 4.78 is 3.62. The summed E-state index contributed by atoms with van der Waals surface area (Å²) in [5.74, 6) is 0.952. The van der Waals surface area contributed by atoms with Gasteiger partial charge in [0.05, 0.1) is 15.7 Å². The van der Waals surface area contributed by atoms with E-state index in [1.54, 1.807) is 11.3 Å². The highest BCUT2D eigenvalue weighted by molar-refractivity contribution is 7.18. The fourth-order valence-electron chi connectivity index (χ4n) is 4.06. The SMILES string of the molecule is c1ccc(-c2ccnc(-n3c4ccccc4c4ccc5ccsc5c43)c2)cc1. The van der Waals surface area contributed by atoms with Gasteiger partial charge in [-0.05, 0) is 46.2 Å². The van der Waals surface area contributed by atoms with Crippen molar-refractivity contribution < 1.29 is 0 Å². The molecule has 0 aliphatic carbocycles. The molecule has 0 bridgehead atoms. The summed E-state index contributed by atoms with van der Waals surface area (Å²) in [5.41, 5.74) is 4.81. The van der Waals surface area contributed by atoms with Gasteiger partial charge in [0.2, 0.25) is 0 Å². The first-order chi connectivity index (χ1) is 13.9. The third-order valence-electron chi connectivity index (χ3n) is 5.34. The molecule has 0 amide bonds. The molecular formula is C25H16N2S. The second-order valence-electron chi connectivity index (χ2n) is 6.92. The Balaban J connectivity index is 1.73. The van der Waals surface area contributed by atoms with Crippen LogP contribution in [0.2, 0.25) is 0 Å². The topological polar surface area (TPSA) is 17.8 Å². The minimum absolute atomic E-state index is 0.952. The van der Waals surface area contributed by atoms with Gasteiger partial charge in [0.1, 0.15) is 5.82 Å². The highest BCUT2D eigenvalue weighted by atomic mass is 32.1. The molecule has 0 N–H and O–H groups in total. The van der Waals surface area contributed by atoms with Crippen molar-refractivity contribution in [3.8, 4) is 16.9 Å². The van der Waals surface area contributed by atoms with Crippen molar-refractivity contribution in [1.29, 1.82) is 0 Å². The number of aromatic nitrogens is 2. The van der Waals surface area contributed by atoms with Crippen LogP contribution in [0.5, 0.6) is 0 Å². The van der Waals surface area contributed by atoms with Crippen molar-refractivity contribution >= 4 is 43.2 Å². The second-order valence-corrected chi connectivity index (χ2v) is 7.84. The first-order valence-corrected chi connectivity index (χ1v) is 10.2. The summed E-state index contributed by atoms with van der Waals surface area (Å²) in [6, 6.07) is 30.0. The van der Waals surface area contributed by atoms with E-state index in [2.05, 4.69) is 88.8 Å². The predicted octanol–water partition coefficient (Wildman–Crippen LogP) is 7.06. The third kappa shape index (κ3) is 2.23. The smallest absolute Gasteiger partial charge is 0.138 e. The molecule has 3 aromatic carbocycles. The lowest BCUT2D eigenvalue weighted by molar-refractivity contribution is 1.09. The molecule has 0 aliphatic rings. The molecule has 0 spiro atoms. The number of fused-ring (bicyclic) bond motifs is 5. The summed E-state index contributed by atoms with van der Waals surface area (Å²) in [7, 11) is 0. The first-order valence-electron chi connectivity index (χ1n) is 9.31. The number of nitrogens with zero attached hydrogens (tertiary/aromatic N) is 2. The largest absolute Gasteiger partial charge is 0.292 e. The molecule has 0 unspecified atom stereocenters. The first kappa shape index (κ1) is 15.6. The van der Waals surface area contributed by atoms with Gasteiger partial charge in [-0.2, -0.15) is 0 Å². The summed E-state index contributed by atoms with van der Waals surface area (Å²) in [6.45, 7) is 0. The minimum atomic E-state index is 0.952. The van der Waals surface area contributed by atoms with Gasteiger partial charge in [0.15, 0.2) is 0 Å². The summed E-state index contributed by atoms with van der Waals surface area (Å²) >= 11 is 1.79. The predicted molar refractivity (Wildman–Crippen MR) is 119 cm³/mol. The van der Waals surface area contributed by atoms with Crippen molar-refractivity contribution in [2.45, 2.75) is 0 Å². The molecule has 0 saturated carbocycles. The molecule has 3 aromatic heterocycles. The number of thiophene rings is 1. The normalized spacial score (nSPS) is 11.6. The van der Waals surface area contributed by atoms with E-state index in [9.17, 15) is 0 Å². The van der Waals surface area contributed by atoms with E-state index in [0.29, 0.717) is 0 Å². The summed E-state index contributed by atoms with van der Waals surface area (Å²) in [5, 5.41) is 5.98. The lowest BCUT2D eigenvalue weighted by Gasteiger charge is -2.09. The summed E-state index contributed by atoms with van der Waals surface area (Å²) in [4.78, 5) is 4.77. The van der Waals surface area contributed by atoms with Gasteiger partial charge in [-0.25, -0.2) is 4.98 Å². The molecule has 0 atom stereocenters. The number of para-hydroxylation sites is 1. The zero-order valence-electron chi connectivity index (χ0n) is 15.0. The lowest BCUT2D eigenvalue weighted by Crippen LogP contribution is -1.97. The van der Waals surface area contributed by atoms with Gasteiger partial charge < -0.3 is 0 Å². The number of hydrogen-bond acceptors (Lipinski definition) is 2. The van der Waals surface area contributed by atoms with Crippen LogP contribution in [-0.4, -0.2) is 9.55 Å². The Labute approximate surface area is 166 Å². The van der Waals surface area contributed by atoms with Crippen LogP contribution in [-0.2, 0) is 0 Å². The van der Waals surface area contributed by atoms with Gasteiger partial charge in [-0.1, -0.05) is 60.7 Å². The van der Waals surface area contributed by atoms with Crippen LogP contribution in [0.4, 0.5) is 0 Å². The number of benzene rings is 3. The average Bonchev–Trinajstić information content (AvgIpc) is 3.37. The Kier molecular flexibility index (Phi) is 3.37. The Morgan fingerprint density at radius 1 is 0.714 bits per heavy atom.